The van der Waals surface area contributed by atoms with E-state index in [9.17, 15) is 9.59 Å². The van der Waals surface area contributed by atoms with Gasteiger partial charge in [0, 0.05) is 58.3 Å². The molecule has 0 N–H and O–H groups in total. The van der Waals surface area contributed by atoms with Gasteiger partial charge in [0.1, 0.15) is 0 Å². The quantitative estimate of drug-likeness (QED) is 0.709. The lowest BCUT2D eigenvalue weighted by Gasteiger charge is -2.47. The first-order chi connectivity index (χ1) is 14.0. The molecular weight excluding hydrogens is 386 g/mol. The predicted octanol–water partition coefficient (Wildman–Crippen LogP) is 2.10. The minimum Gasteiger partial charge on any atom is -0.383 e. The molecule has 0 aliphatic carbocycles. The predicted molar refractivity (Wildman–Crippen MR) is 114 cm³/mol. The number of likely N-dealkylation sites (tertiary alicyclic amines) is 3. The number of methoxy groups -OCH3 is 1. The molecule has 3 aliphatic rings. The fourth-order valence-corrected chi connectivity index (χ4v) is 6.51. The Morgan fingerprint density at radius 1 is 1.21 bits per heavy atom. The highest BCUT2D eigenvalue weighted by Gasteiger charge is 2.64. The smallest absolute Gasteiger partial charge is 0.230 e. The number of rotatable bonds is 6. The second kappa shape index (κ2) is 8.36. The zero-order chi connectivity index (χ0) is 20.5. The minimum atomic E-state index is -0.279. The average Bonchev–Trinajstić information content (AvgIpc) is 3.42. The van der Waals surface area contributed by atoms with Crippen molar-refractivity contribution in [2.45, 2.75) is 32.6 Å². The molecule has 3 fully saturated rings. The van der Waals surface area contributed by atoms with Crippen LogP contribution in [0.15, 0.2) is 16.8 Å². The van der Waals surface area contributed by atoms with Gasteiger partial charge in [-0.05, 0) is 48.6 Å². The van der Waals surface area contributed by atoms with Crippen molar-refractivity contribution in [3.8, 4) is 0 Å². The molecule has 2 spiro atoms. The molecule has 1 aromatic rings. The SMILES string of the molecule is CCN1CC[C@]2(CN(CCOC)CC23CCN(C(=O)Cc2ccsc2)CC3)C1=O. The summed E-state index contributed by atoms with van der Waals surface area (Å²) >= 11 is 1.64. The van der Waals surface area contributed by atoms with Crippen molar-refractivity contribution >= 4 is 23.2 Å². The van der Waals surface area contributed by atoms with Crippen LogP contribution in [-0.4, -0.2) is 86.0 Å². The van der Waals surface area contributed by atoms with Crippen molar-refractivity contribution in [3.05, 3.63) is 22.4 Å². The van der Waals surface area contributed by atoms with E-state index in [0.717, 1.165) is 70.6 Å². The Morgan fingerprint density at radius 3 is 2.62 bits per heavy atom. The average molecular weight is 420 g/mol. The number of fused-ring (bicyclic) bond motifs is 1. The Labute approximate surface area is 177 Å². The number of hydrogen-bond acceptors (Lipinski definition) is 5. The van der Waals surface area contributed by atoms with Gasteiger partial charge < -0.3 is 14.5 Å². The van der Waals surface area contributed by atoms with Crippen molar-refractivity contribution in [2.24, 2.45) is 10.8 Å². The van der Waals surface area contributed by atoms with E-state index < -0.39 is 0 Å². The van der Waals surface area contributed by atoms with Gasteiger partial charge in [-0.2, -0.15) is 11.3 Å². The summed E-state index contributed by atoms with van der Waals surface area (Å²) in [5, 5.41) is 4.08. The second-order valence-corrected chi connectivity index (χ2v) is 9.67. The highest BCUT2D eigenvalue weighted by molar-refractivity contribution is 7.08. The van der Waals surface area contributed by atoms with Crippen LogP contribution in [0.4, 0.5) is 0 Å². The van der Waals surface area contributed by atoms with Gasteiger partial charge in [0.05, 0.1) is 18.4 Å². The molecule has 1 aromatic heterocycles. The van der Waals surface area contributed by atoms with Crippen molar-refractivity contribution in [3.63, 3.8) is 0 Å². The molecule has 0 saturated carbocycles. The number of amides is 2. The van der Waals surface area contributed by atoms with Crippen molar-refractivity contribution in [1.29, 1.82) is 0 Å². The normalized spacial score (nSPS) is 26.9. The third kappa shape index (κ3) is 3.62. The van der Waals surface area contributed by atoms with E-state index in [4.69, 9.17) is 4.74 Å². The van der Waals surface area contributed by atoms with E-state index in [-0.39, 0.29) is 16.7 Å². The van der Waals surface area contributed by atoms with Crippen LogP contribution < -0.4 is 0 Å². The van der Waals surface area contributed by atoms with E-state index in [0.29, 0.717) is 18.9 Å². The van der Waals surface area contributed by atoms with Crippen LogP contribution in [0.3, 0.4) is 0 Å². The van der Waals surface area contributed by atoms with Gasteiger partial charge in [-0.15, -0.1) is 0 Å². The molecule has 2 amide bonds. The van der Waals surface area contributed by atoms with Crippen LogP contribution in [0.25, 0.3) is 0 Å². The maximum absolute atomic E-state index is 13.5. The summed E-state index contributed by atoms with van der Waals surface area (Å²) in [4.78, 5) is 32.7. The van der Waals surface area contributed by atoms with Crippen LogP contribution in [0.2, 0.25) is 0 Å². The van der Waals surface area contributed by atoms with Crippen LogP contribution in [0, 0.1) is 10.8 Å². The van der Waals surface area contributed by atoms with Gasteiger partial charge in [0.15, 0.2) is 0 Å². The molecule has 4 rings (SSSR count). The molecule has 1 atom stereocenters. The summed E-state index contributed by atoms with van der Waals surface area (Å²) in [6.07, 6.45) is 3.29. The molecular formula is C22H33N3O3S. The number of hydrogen-bond donors (Lipinski definition) is 0. The lowest BCUT2D eigenvalue weighted by atomic mass is 9.60. The molecule has 4 heterocycles. The van der Waals surface area contributed by atoms with Crippen LogP contribution in [0.1, 0.15) is 31.7 Å². The standard InChI is InChI=1S/C22H33N3O3S/c1-3-24-10-7-22(20(24)27)17-23(11-12-28-2)16-21(22)5-8-25(9-6-21)19(26)14-18-4-13-29-15-18/h4,13,15H,3,5-12,14,16-17H2,1-2H3/t22-/m0/s1. The molecule has 0 bridgehead atoms. The fourth-order valence-electron chi connectivity index (χ4n) is 5.84. The maximum Gasteiger partial charge on any atom is 0.230 e. The van der Waals surface area contributed by atoms with Gasteiger partial charge >= 0.3 is 0 Å². The number of piperidine rings is 1. The third-order valence-corrected chi connectivity index (χ3v) is 8.27. The first-order valence-electron chi connectivity index (χ1n) is 10.8. The van der Waals surface area contributed by atoms with Crippen LogP contribution in [0.5, 0.6) is 0 Å². The Kier molecular flexibility index (Phi) is 6.00. The maximum atomic E-state index is 13.5. The molecule has 3 aliphatic heterocycles. The van der Waals surface area contributed by atoms with Crippen LogP contribution >= 0.6 is 11.3 Å². The number of thiophene rings is 1. The Morgan fingerprint density at radius 2 is 2.00 bits per heavy atom. The third-order valence-electron chi connectivity index (χ3n) is 7.54. The van der Waals surface area contributed by atoms with Crippen molar-refractivity contribution in [1.82, 2.24) is 14.7 Å². The van der Waals surface area contributed by atoms with Gasteiger partial charge in [0.25, 0.3) is 0 Å². The Hall–Kier alpha value is -1.44. The van der Waals surface area contributed by atoms with Crippen molar-refractivity contribution < 1.29 is 14.3 Å². The summed E-state index contributed by atoms with van der Waals surface area (Å²) in [5.41, 5.74) is 0.813. The first-order valence-corrected chi connectivity index (χ1v) is 11.8. The minimum absolute atomic E-state index is 0.0130. The number of carbonyl (C=O) groups is 2. The lowest BCUT2D eigenvalue weighted by Crippen LogP contribution is -2.53. The summed E-state index contributed by atoms with van der Waals surface area (Å²) in [5.74, 6) is 0.562. The van der Waals surface area contributed by atoms with E-state index in [2.05, 4.69) is 17.2 Å². The van der Waals surface area contributed by atoms with Gasteiger partial charge in [-0.1, -0.05) is 0 Å². The molecule has 0 radical (unpaired) electrons. The van der Waals surface area contributed by atoms with Gasteiger partial charge in [-0.3, -0.25) is 14.5 Å². The number of nitrogens with zero attached hydrogens (tertiary/aromatic N) is 3. The molecule has 29 heavy (non-hydrogen) atoms. The topological polar surface area (TPSA) is 53.1 Å². The monoisotopic (exact) mass is 419 g/mol. The highest BCUT2D eigenvalue weighted by Crippen LogP contribution is 2.57. The highest BCUT2D eigenvalue weighted by atomic mass is 32.1. The molecule has 3 saturated heterocycles. The van der Waals surface area contributed by atoms with E-state index >= 15 is 0 Å². The Balaban J connectivity index is 1.49. The Bertz CT molecular complexity index is 730. The van der Waals surface area contributed by atoms with Gasteiger partial charge in [0.2, 0.25) is 11.8 Å². The summed E-state index contributed by atoms with van der Waals surface area (Å²) in [6.45, 7) is 8.64. The second-order valence-electron chi connectivity index (χ2n) is 8.89. The number of carbonyl (C=O) groups excluding carboxylic acids is 2. The van der Waals surface area contributed by atoms with Crippen molar-refractivity contribution in [2.75, 3.05) is 59.5 Å². The zero-order valence-corrected chi connectivity index (χ0v) is 18.5. The van der Waals surface area contributed by atoms with E-state index in [1.54, 1.807) is 18.4 Å². The van der Waals surface area contributed by atoms with E-state index in [1.807, 2.05) is 21.2 Å². The lowest BCUT2D eigenvalue weighted by molar-refractivity contribution is -0.143. The summed E-state index contributed by atoms with van der Waals surface area (Å²) in [6, 6.07) is 2.03. The number of ether oxygens (including phenoxy) is 1. The van der Waals surface area contributed by atoms with E-state index in [1.165, 1.54) is 0 Å². The molecule has 7 heteroatoms. The molecule has 0 aromatic carbocycles. The first kappa shape index (κ1) is 20.8. The molecule has 0 unspecified atom stereocenters. The fraction of sp³-hybridized carbons (Fsp3) is 0.727. The molecule has 6 nitrogen and oxygen atoms in total. The summed E-state index contributed by atoms with van der Waals surface area (Å²) in [7, 11) is 1.73. The zero-order valence-electron chi connectivity index (χ0n) is 17.7. The molecule has 160 valence electrons. The van der Waals surface area contributed by atoms with Crippen LogP contribution in [-0.2, 0) is 20.7 Å². The largest absolute Gasteiger partial charge is 0.383 e. The summed E-state index contributed by atoms with van der Waals surface area (Å²) < 4.78 is 5.31. The van der Waals surface area contributed by atoms with Gasteiger partial charge in [-0.25, -0.2) is 0 Å².